The van der Waals surface area contributed by atoms with Gasteiger partial charge in [0.15, 0.2) is 11.5 Å². The first-order valence-corrected chi connectivity index (χ1v) is 10.9. The number of nitrogens with zero attached hydrogens (tertiary/aromatic N) is 1. The number of benzene rings is 2. The molecule has 0 aromatic heterocycles. The second-order valence-corrected chi connectivity index (χ2v) is 8.08. The van der Waals surface area contributed by atoms with Crippen LogP contribution in [0.5, 0.6) is 17.2 Å². The molecule has 1 aliphatic rings. The number of aliphatic hydroxyl groups excluding tert-OH is 2. The number of β-amino-alcohol motifs (C(OH)–C–C–N with tert-alkyl or cyclic N) is 1. The second-order valence-electron chi connectivity index (χ2n) is 8.08. The summed E-state index contributed by atoms with van der Waals surface area (Å²) in [7, 11) is 1.61. The van der Waals surface area contributed by atoms with Crippen LogP contribution in [0.3, 0.4) is 0 Å². The molecular weight excluding hydrogens is 396 g/mol. The molecule has 2 aromatic carbocycles. The Bertz CT molecular complexity index is 791. The average molecular weight is 431 g/mol. The van der Waals surface area contributed by atoms with Crippen LogP contribution >= 0.6 is 0 Å². The van der Waals surface area contributed by atoms with E-state index in [9.17, 15) is 15.3 Å². The van der Waals surface area contributed by atoms with Gasteiger partial charge in [-0.2, -0.15) is 0 Å². The Hall–Kier alpha value is -2.32. The number of likely N-dealkylation sites (tertiary alicyclic amines) is 1. The van der Waals surface area contributed by atoms with E-state index in [0.29, 0.717) is 24.6 Å². The zero-order valence-electron chi connectivity index (χ0n) is 18.2. The predicted molar refractivity (Wildman–Crippen MR) is 120 cm³/mol. The van der Waals surface area contributed by atoms with Crippen molar-refractivity contribution >= 4 is 0 Å². The van der Waals surface area contributed by atoms with Gasteiger partial charge in [0.25, 0.3) is 0 Å². The number of aromatic hydroxyl groups is 1. The molecule has 1 aliphatic heterocycles. The number of phenols is 1. The molecular formula is C24H34N2O5. The minimum Gasteiger partial charge on any atom is -0.508 e. The van der Waals surface area contributed by atoms with Gasteiger partial charge < -0.3 is 35.0 Å². The van der Waals surface area contributed by atoms with Crippen LogP contribution < -0.4 is 14.8 Å². The van der Waals surface area contributed by atoms with Gasteiger partial charge in [0, 0.05) is 26.2 Å². The molecule has 1 fully saturated rings. The molecule has 1 saturated heterocycles. The number of hydrogen-bond acceptors (Lipinski definition) is 7. The summed E-state index contributed by atoms with van der Waals surface area (Å²) in [5.74, 6) is 1.54. The number of nitrogens with one attached hydrogen (secondary N) is 1. The summed E-state index contributed by atoms with van der Waals surface area (Å²) in [6, 6.07) is 13.1. The molecule has 1 atom stereocenters. The van der Waals surface area contributed by atoms with Crippen LogP contribution in [0, 0.1) is 0 Å². The maximum Gasteiger partial charge on any atom is 0.161 e. The normalized spacial score (nSPS) is 16.2. The molecule has 2 aromatic rings. The fraction of sp³-hybridized carbons (Fsp3) is 0.500. The van der Waals surface area contributed by atoms with Crippen molar-refractivity contribution in [3.8, 4) is 17.2 Å². The molecule has 0 aliphatic carbocycles. The Kier molecular flexibility index (Phi) is 8.97. The summed E-state index contributed by atoms with van der Waals surface area (Å²) in [6.07, 6.45) is 1.58. The molecule has 0 spiro atoms. The number of rotatable bonds is 11. The SMILES string of the molecule is COc1cc(CNCCc2ccc(O)cc2)ccc1OCC(O)CN1CCC(O)CC1. The zero-order valence-corrected chi connectivity index (χ0v) is 18.2. The largest absolute Gasteiger partial charge is 0.508 e. The number of piperidine rings is 1. The summed E-state index contributed by atoms with van der Waals surface area (Å²) >= 11 is 0. The van der Waals surface area contributed by atoms with E-state index in [2.05, 4.69) is 10.2 Å². The minimum absolute atomic E-state index is 0.194. The lowest BCUT2D eigenvalue weighted by Gasteiger charge is -2.30. The molecule has 1 heterocycles. The predicted octanol–water partition coefficient (Wildman–Crippen LogP) is 1.93. The van der Waals surface area contributed by atoms with Crippen molar-refractivity contribution in [1.29, 1.82) is 0 Å². The average Bonchev–Trinajstić information content (AvgIpc) is 2.78. The van der Waals surface area contributed by atoms with Gasteiger partial charge in [0.05, 0.1) is 13.2 Å². The maximum absolute atomic E-state index is 10.3. The number of aliphatic hydroxyl groups is 2. The first-order chi connectivity index (χ1) is 15.0. The molecule has 0 bridgehead atoms. The smallest absolute Gasteiger partial charge is 0.161 e. The van der Waals surface area contributed by atoms with E-state index in [4.69, 9.17) is 9.47 Å². The minimum atomic E-state index is -0.596. The lowest BCUT2D eigenvalue weighted by atomic mass is 10.1. The Balaban J connectivity index is 1.41. The van der Waals surface area contributed by atoms with E-state index >= 15 is 0 Å². The van der Waals surface area contributed by atoms with Crippen molar-refractivity contribution in [3.63, 3.8) is 0 Å². The number of methoxy groups -OCH3 is 1. The topological polar surface area (TPSA) is 94.4 Å². The fourth-order valence-electron chi connectivity index (χ4n) is 3.71. The Morgan fingerprint density at radius 2 is 1.77 bits per heavy atom. The Morgan fingerprint density at radius 3 is 2.48 bits per heavy atom. The molecule has 7 nitrogen and oxygen atoms in total. The second kappa shape index (κ2) is 11.9. The first kappa shape index (κ1) is 23.3. The standard InChI is InChI=1S/C24H34N2O5/c1-30-24-14-19(15-25-11-8-18-2-5-20(27)6-3-18)4-7-23(24)31-17-22(29)16-26-12-9-21(28)10-13-26/h2-7,14,21-22,25,27-29H,8-13,15-17H2,1H3. The molecule has 0 radical (unpaired) electrons. The third-order valence-corrected chi connectivity index (χ3v) is 5.54. The van der Waals surface area contributed by atoms with Gasteiger partial charge in [0.2, 0.25) is 0 Å². The number of hydrogen-bond donors (Lipinski definition) is 4. The first-order valence-electron chi connectivity index (χ1n) is 10.9. The highest BCUT2D eigenvalue weighted by Gasteiger charge is 2.20. The van der Waals surface area contributed by atoms with Crippen LogP contribution in [0.2, 0.25) is 0 Å². The highest BCUT2D eigenvalue weighted by atomic mass is 16.5. The Labute approximate surface area is 184 Å². The molecule has 31 heavy (non-hydrogen) atoms. The van der Waals surface area contributed by atoms with Crippen molar-refractivity contribution in [2.45, 2.75) is 38.0 Å². The number of phenolic OH excluding ortho intramolecular Hbond substituents is 1. The number of ether oxygens (including phenoxy) is 2. The molecule has 0 amide bonds. The monoisotopic (exact) mass is 430 g/mol. The molecule has 7 heteroatoms. The molecule has 3 rings (SSSR count). The lowest BCUT2D eigenvalue weighted by molar-refractivity contribution is 0.0333. The molecule has 0 saturated carbocycles. The van der Waals surface area contributed by atoms with Crippen LogP contribution in [0.25, 0.3) is 0 Å². The van der Waals surface area contributed by atoms with Crippen molar-refractivity contribution < 1.29 is 24.8 Å². The van der Waals surface area contributed by atoms with Gasteiger partial charge in [-0.3, -0.25) is 0 Å². The van der Waals surface area contributed by atoms with Gasteiger partial charge in [-0.05, 0) is 61.2 Å². The van der Waals surface area contributed by atoms with Gasteiger partial charge in [0.1, 0.15) is 18.5 Å². The maximum atomic E-state index is 10.3. The van der Waals surface area contributed by atoms with E-state index in [1.54, 1.807) is 19.2 Å². The Morgan fingerprint density at radius 1 is 1.06 bits per heavy atom. The van der Waals surface area contributed by atoms with E-state index in [0.717, 1.165) is 44.5 Å². The third-order valence-electron chi connectivity index (χ3n) is 5.54. The van der Waals surface area contributed by atoms with Gasteiger partial charge in [-0.15, -0.1) is 0 Å². The molecule has 4 N–H and O–H groups in total. The van der Waals surface area contributed by atoms with Crippen LogP contribution in [0.15, 0.2) is 42.5 Å². The van der Waals surface area contributed by atoms with Gasteiger partial charge in [-0.1, -0.05) is 18.2 Å². The van der Waals surface area contributed by atoms with Crippen LogP contribution in [-0.2, 0) is 13.0 Å². The van der Waals surface area contributed by atoms with Crippen molar-refractivity contribution in [3.05, 3.63) is 53.6 Å². The van der Waals surface area contributed by atoms with Crippen molar-refractivity contribution in [1.82, 2.24) is 10.2 Å². The van der Waals surface area contributed by atoms with Crippen LogP contribution in [-0.4, -0.2) is 72.3 Å². The van der Waals surface area contributed by atoms with Crippen molar-refractivity contribution in [2.24, 2.45) is 0 Å². The quantitative estimate of drug-likeness (QED) is 0.405. The third kappa shape index (κ3) is 7.70. The van der Waals surface area contributed by atoms with E-state index < -0.39 is 6.10 Å². The summed E-state index contributed by atoms with van der Waals surface area (Å²) in [5.41, 5.74) is 2.26. The van der Waals surface area contributed by atoms with Crippen LogP contribution in [0.1, 0.15) is 24.0 Å². The molecule has 170 valence electrons. The van der Waals surface area contributed by atoms with Gasteiger partial charge >= 0.3 is 0 Å². The van der Waals surface area contributed by atoms with Crippen molar-refractivity contribution in [2.75, 3.05) is 39.9 Å². The fourth-order valence-corrected chi connectivity index (χ4v) is 3.71. The van der Waals surface area contributed by atoms with Gasteiger partial charge in [-0.25, -0.2) is 0 Å². The highest BCUT2D eigenvalue weighted by Crippen LogP contribution is 2.28. The van der Waals surface area contributed by atoms with Crippen LogP contribution in [0.4, 0.5) is 0 Å². The van der Waals surface area contributed by atoms with E-state index in [-0.39, 0.29) is 18.5 Å². The summed E-state index contributed by atoms with van der Waals surface area (Å²) < 4.78 is 11.3. The van der Waals surface area contributed by atoms with E-state index in [1.807, 2.05) is 30.3 Å². The summed E-state index contributed by atoms with van der Waals surface area (Å²) in [5, 5.41) is 32.6. The lowest BCUT2D eigenvalue weighted by Crippen LogP contribution is -2.41. The van der Waals surface area contributed by atoms with E-state index in [1.165, 1.54) is 5.56 Å². The summed E-state index contributed by atoms with van der Waals surface area (Å²) in [4.78, 5) is 2.16. The highest BCUT2D eigenvalue weighted by molar-refractivity contribution is 5.43. The molecule has 1 unspecified atom stereocenters. The zero-order chi connectivity index (χ0) is 22.1. The summed E-state index contributed by atoms with van der Waals surface area (Å²) in [6.45, 7) is 3.87.